The number of para-hydroxylation sites is 1. The monoisotopic (exact) mass is 354 g/mol. The number of carbonyl (C=O) groups excluding carboxylic acids is 1. The van der Waals surface area contributed by atoms with Crippen LogP contribution in [0.1, 0.15) is 24.8 Å². The number of benzene rings is 1. The molecule has 1 aromatic heterocycles. The van der Waals surface area contributed by atoms with Crippen molar-refractivity contribution in [1.29, 1.82) is 0 Å². The number of rotatable bonds is 5. The molecule has 1 aromatic carbocycles. The molecule has 5 nitrogen and oxygen atoms in total. The van der Waals surface area contributed by atoms with E-state index >= 15 is 0 Å². The Morgan fingerprint density at radius 1 is 1.31 bits per heavy atom. The molecule has 1 saturated heterocycles. The molecule has 138 valence electrons. The van der Waals surface area contributed by atoms with Gasteiger partial charge in [-0.25, -0.2) is 0 Å². The Morgan fingerprint density at radius 3 is 2.85 bits per heavy atom. The van der Waals surface area contributed by atoms with Crippen LogP contribution < -0.4 is 0 Å². The molecule has 2 fully saturated rings. The Hall–Kier alpha value is -1.98. The molecule has 5 heteroatoms. The first kappa shape index (κ1) is 17.4. The van der Waals surface area contributed by atoms with Gasteiger partial charge in [-0.3, -0.25) is 9.78 Å². The van der Waals surface area contributed by atoms with Gasteiger partial charge < -0.3 is 14.7 Å². The number of fused-ring (bicyclic) bond motifs is 1. The molecular weight excluding hydrogens is 328 g/mol. The molecule has 4 rings (SSSR count). The predicted octanol–water partition coefficient (Wildman–Crippen LogP) is 2.41. The van der Waals surface area contributed by atoms with Crippen molar-refractivity contribution < 1.29 is 14.6 Å². The topological polar surface area (TPSA) is 62.7 Å². The van der Waals surface area contributed by atoms with Crippen molar-refractivity contribution in [2.75, 3.05) is 26.8 Å². The zero-order chi connectivity index (χ0) is 18.1. The molecule has 0 spiro atoms. The second-order valence-electron chi connectivity index (χ2n) is 7.80. The molecule has 26 heavy (non-hydrogen) atoms. The lowest BCUT2D eigenvalue weighted by atomic mass is 9.68. The lowest BCUT2D eigenvalue weighted by Gasteiger charge is -2.42. The van der Waals surface area contributed by atoms with Crippen molar-refractivity contribution in [3.05, 3.63) is 42.1 Å². The molecule has 2 aliphatic rings. The lowest BCUT2D eigenvalue weighted by molar-refractivity contribution is -0.151. The normalized spacial score (nSPS) is 24.6. The summed E-state index contributed by atoms with van der Waals surface area (Å²) in [5, 5.41) is 11.7. The van der Waals surface area contributed by atoms with Gasteiger partial charge in [-0.05, 0) is 37.0 Å². The van der Waals surface area contributed by atoms with Crippen LogP contribution in [0.3, 0.4) is 0 Å². The maximum absolute atomic E-state index is 13.0. The van der Waals surface area contributed by atoms with E-state index in [1.165, 1.54) is 5.56 Å². The summed E-state index contributed by atoms with van der Waals surface area (Å²) in [7, 11) is 1.66. The van der Waals surface area contributed by atoms with Gasteiger partial charge in [0.25, 0.3) is 0 Å². The number of pyridine rings is 1. The Morgan fingerprint density at radius 2 is 2.12 bits per heavy atom. The first-order valence-electron chi connectivity index (χ1n) is 9.42. The van der Waals surface area contributed by atoms with E-state index in [0.29, 0.717) is 19.7 Å². The summed E-state index contributed by atoms with van der Waals surface area (Å²) in [4.78, 5) is 19.3. The third-order valence-electron chi connectivity index (χ3n) is 6.10. The number of carbonyl (C=O) groups is 1. The van der Waals surface area contributed by atoms with E-state index < -0.39 is 6.10 Å². The fourth-order valence-corrected chi connectivity index (χ4v) is 4.47. The largest absolute Gasteiger partial charge is 0.391 e. The number of nitrogens with zero attached hydrogens (tertiary/aromatic N) is 2. The van der Waals surface area contributed by atoms with Gasteiger partial charge in [0.2, 0.25) is 5.91 Å². The number of hydrogen-bond acceptors (Lipinski definition) is 4. The van der Waals surface area contributed by atoms with Crippen LogP contribution in [0, 0.1) is 11.3 Å². The van der Waals surface area contributed by atoms with Crippen molar-refractivity contribution in [1.82, 2.24) is 9.88 Å². The van der Waals surface area contributed by atoms with E-state index in [4.69, 9.17) is 4.74 Å². The molecule has 0 radical (unpaired) electrons. The molecule has 1 aliphatic heterocycles. The molecule has 2 atom stereocenters. The highest BCUT2D eigenvalue weighted by molar-refractivity contribution is 5.84. The highest BCUT2D eigenvalue weighted by atomic mass is 16.5. The zero-order valence-electron chi connectivity index (χ0n) is 15.2. The Labute approximate surface area is 154 Å². The summed E-state index contributed by atoms with van der Waals surface area (Å²) in [6.07, 6.45) is 4.97. The third kappa shape index (κ3) is 2.99. The Kier molecular flexibility index (Phi) is 4.67. The summed E-state index contributed by atoms with van der Waals surface area (Å²) < 4.78 is 5.31. The van der Waals surface area contributed by atoms with E-state index in [-0.39, 0.29) is 17.2 Å². The fourth-order valence-electron chi connectivity index (χ4n) is 4.47. The number of aromatic nitrogens is 1. The maximum Gasteiger partial charge on any atom is 0.231 e. The van der Waals surface area contributed by atoms with Crippen LogP contribution in [0.2, 0.25) is 0 Å². The van der Waals surface area contributed by atoms with Crippen LogP contribution in [0.4, 0.5) is 0 Å². The number of aliphatic hydroxyl groups excluding tert-OH is 1. The van der Waals surface area contributed by atoms with Crippen LogP contribution in [0.25, 0.3) is 10.9 Å². The minimum Gasteiger partial charge on any atom is -0.391 e. The number of hydrogen-bond donors (Lipinski definition) is 1. The molecule has 2 aromatic rings. The molecule has 1 amide bonds. The predicted molar refractivity (Wildman–Crippen MR) is 99.7 cm³/mol. The highest BCUT2D eigenvalue weighted by Gasteiger charge is 2.48. The van der Waals surface area contributed by atoms with Gasteiger partial charge in [0.05, 0.1) is 23.6 Å². The van der Waals surface area contributed by atoms with Crippen molar-refractivity contribution in [2.24, 2.45) is 11.3 Å². The van der Waals surface area contributed by atoms with Crippen LogP contribution in [-0.4, -0.2) is 53.8 Å². The number of β-amino-alcohol motifs (C(OH)–C–C–N with tert-alkyl or cyclic N) is 1. The number of likely N-dealkylation sites (tertiary alicyclic amines) is 1. The average molecular weight is 354 g/mol. The summed E-state index contributed by atoms with van der Waals surface area (Å²) >= 11 is 0. The van der Waals surface area contributed by atoms with Crippen molar-refractivity contribution in [2.45, 2.75) is 31.8 Å². The third-order valence-corrected chi connectivity index (χ3v) is 6.10. The summed E-state index contributed by atoms with van der Waals surface area (Å²) in [5.41, 5.74) is 1.80. The van der Waals surface area contributed by atoms with E-state index in [0.717, 1.165) is 36.6 Å². The summed E-state index contributed by atoms with van der Waals surface area (Å²) in [6.45, 7) is 1.53. The Bertz CT molecular complexity index is 797. The maximum atomic E-state index is 13.0. The van der Waals surface area contributed by atoms with Crippen molar-refractivity contribution >= 4 is 16.8 Å². The van der Waals surface area contributed by atoms with Gasteiger partial charge in [0.1, 0.15) is 0 Å². The second kappa shape index (κ2) is 6.97. The van der Waals surface area contributed by atoms with Gasteiger partial charge in [-0.2, -0.15) is 0 Å². The number of amides is 1. The van der Waals surface area contributed by atoms with Gasteiger partial charge in [-0.1, -0.05) is 24.6 Å². The van der Waals surface area contributed by atoms with E-state index in [2.05, 4.69) is 11.1 Å². The second-order valence-corrected chi connectivity index (χ2v) is 7.80. The fraction of sp³-hybridized carbons (Fsp3) is 0.524. The molecule has 1 aliphatic carbocycles. The molecule has 0 unspecified atom stereocenters. The number of aliphatic hydroxyl groups is 1. The first-order valence-corrected chi connectivity index (χ1v) is 9.42. The average Bonchev–Trinajstić information content (AvgIpc) is 2.98. The summed E-state index contributed by atoms with van der Waals surface area (Å²) in [6, 6.07) is 10.1. The van der Waals surface area contributed by atoms with Crippen molar-refractivity contribution in [3.8, 4) is 0 Å². The molecule has 2 heterocycles. The standard InChI is InChI=1S/C21H26N2O3/c1-26-14-21(8-4-9-21)20(25)23-12-16(19(24)13-23)11-15-7-10-22-18-6-3-2-5-17(15)18/h2-3,5-7,10,16,19,24H,4,8-9,11-14H2,1H3/t16-,19+/m1/s1. The minimum absolute atomic E-state index is 0.0597. The SMILES string of the molecule is COCC1(C(=O)N2C[C@@H](Cc3ccnc4ccccc34)[C@@H](O)C2)CCC1. The van der Waals surface area contributed by atoms with E-state index in [1.807, 2.05) is 35.4 Å². The van der Waals surface area contributed by atoms with Crippen LogP contribution in [0.15, 0.2) is 36.5 Å². The molecular formula is C21H26N2O3. The number of ether oxygens (including phenoxy) is 1. The van der Waals surface area contributed by atoms with Gasteiger partial charge in [0, 0.05) is 37.7 Å². The first-order chi connectivity index (χ1) is 12.6. The van der Waals surface area contributed by atoms with Gasteiger partial charge in [-0.15, -0.1) is 0 Å². The van der Waals surface area contributed by atoms with Crippen LogP contribution in [0.5, 0.6) is 0 Å². The molecule has 1 N–H and O–H groups in total. The van der Waals surface area contributed by atoms with E-state index in [9.17, 15) is 9.90 Å². The molecule has 0 bridgehead atoms. The van der Waals surface area contributed by atoms with Gasteiger partial charge in [0.15, 0.2) is 0 Å². The van der Waals surface area contributed by atoms with Crippen LogP contribution >= 0.6 is 0 Å². The van der Waals surface area contributed by atoms with Crippen molar-refractivity contribution in [3.63, 3.8) is 0 Å². The quantitative estimate of drug-likeness (QED) is 0.896. The summed E-state index contributed by atoms with van der Waals surface area (Å²) in [5.74, 6) is 0.219. The lowest BCUT2D eigenvalue weighted by Crippen LogP contribution is -2.50. The smallest absolute Gasteiger partial charge is 0.231 e. The van der Waals surface area contributed by atoms with Gasteiger partial charge >= 0.3 is 0 Å². The zero-order valence-corrected chi connectivity index (χ0v) is 15.2. The number of methoxy groups -OCH3 is 1. The highest BCUT2D eigenvalue weighted by Crippen LogP contribution is 2.43. The minimum atomic E-state index is -0.481. The van der Waals surface area contributed by atoms with Crippen LogP contribution in [-0.2, 0) is 16.0 Å². The molecule has 1 saturated carbocycles. The van der Waals surface area contributed by atoms with E-state index in [1.54, 1.807) is 7.11 Å². The Balaban J connectivity index is 1.50.